The van der Waals surface area contributed by atoms with Crippen molar-refractivity contribution in [1.82, 2.24) is 10.9 Å². The smallest absolute Gasteiger partial charge is 0.426 e. The minimum atomic E-state index is -0.605. The van der Waals surface area contributed by atoms with Crippen LogP contribution in [-0.4, -0.2) is 25.5 Å². The average molecular weight is 283 g/mol. The van der Waals surface area contributed by atoms with E-state index in [9.17, 15) is 4.79 Å². The Labute approximate surface area is 120 Å². The van der Waals surface area contributed by atoms with E-state index in [1.54, 1.807) is 20.8 Å². The molecule has 0 rings (SSSR count). The van der Waals surface area contributed by atoms with Gasteiger partial charge in [0.15, 0.2) is 0 Å². The Morgan fingerprint density at radius 1 is 1.25 bits per heavy atom. The maximum absolute atomic E-state index is 11.6. The first-order valence-corrected chi connectivity index (χ1v) is 6.31. The largest absolute Gasteiger partial charge is 0.479 e. The molecule has 6 heteroatoms. The van der Waals surface area contributed by atoms with Crippen molar-refractivity contribution in [3.05, 3.63) is 23.7 Å². The fraction of sp³-hybridized carbons (Fsp3) is 0.571. The molecule has 0 radical (unpaired) electrons. The lowest BCUT2D eigenvalue weighted by Crippen LogP contribution is -2.41. The molecular weight excluding hydrogens is 258 g/mol. The monoisotopic (exact) mass is 283 g/mol. The second-order valence-corrected chi connectivity index (χ2v) is 5.47. The molecular formula is C14H25N3O3. The lowest BCUT2D eigenvalue weighted by molar-refractivity contribution is 0.0505. The Bertz CT molecular complexity index is 406. The zero-order valence-electron chi connectivity index (χ0n) is 13.2. The number of amides is 1. The molecule has 0 aliphatic heterocycles. The molecule has 20 heavy (non-hydrogen) atoms. The quantitative estimate of drug-likeness (QED) is 0.340. The first-order chi connectivity index (χ1) is 9.12. The summed E-state index contributed by atoms with van der Waals surface area (Å²) in [6, 6.07) is 0. The standard InChI is InChI=1S/C14H25N3O3/c1-9(2)10(3)11(12(15-7)19-8)16-17-13(18)20-14(4,5)6/h9,16H,3,7H2,1-2,4-6,8H3,(H,17,18)/b12-11-. The van der Waals surface area contributed by atoms with E-state index in [1.165, 1.54) is 7.11 Å². The number of allylic oxidation sites excluding steroid dienone is 1. The van der Waals surface area contributed by atoms with Crippen LogP contribution in [0.3, 0.4) is 0 Å². The highest BCUT2D eigenvalue weighted by molar-refractivity contribution is 5.67. The first-order valence-electron chi connectivity index (χ1n) is 6.31. The molecule has 0 unspecified atom stereocenters. The van der Waals surface area contributed by atoms with Gasteiger partial charge >= 0.3 is 6.09 Å². The molecule has 2 N–H and O–H groups in total. The minimum Gasteiger partial charge on any atom is -0.479 e. The lowest BCUT2D eigenvalue weighted by atomic mass is 10.0. The number of rotatable bonds is 6. The summed E-state index contributed by atoms with van der Waals surface area (Å²) in [5, 5.41) is 0. The van der Waals surface area contributed by atoms with Crippen molar-refractivity contribution >= 4 is 12.8 Å². The lowest BCUT2D eigenvalue weighted by Gasteiger charge is -2.22. The van der Waals surface area contributed by atoms with Crippen LogP contribution in [0.2, 0.25) is 0 Å². The van der Waals surface area contributed by atoms with Crippen LogP contribution in [-0.2, 0) is 9.47 Å². The van der Waals surface area contributed by atoms with Crippen LogP contribution in [0.1, 0.15) is 34.6 Å². The number of aliphatic imine (C=N–C) groups is 1. The highest BCUT2D eigenvalue weighted by Gasteiger charge is 2.18. The van der Waals surface area contributed by atoms with E-state index in [-0.39, 0.29) is 11.8 Å². The number of nitrogens with one attached hydrogen (secondary N) is 2. The number of hydrogen-bond acceptors (Lipinski definition) is 5. The second kappa shape index (κ2) is 7.57. The molecule has 0 saturated heterocycles. The van der Waals surface area contributed by atoms with E-state index in [0.717, 1.165) is 5.57 Å². The third-order valence-corrected chi connectivity index (χ3v) is 2.26. The molecule has 0 aromatic heterocycles. The number of nitrogens with zero attached hydrogens (tertiary/aromatic N) is 1. The van der Waals surface area contributed by atoms with Crippen molar-refractivity contribution in [1.29, 1.82) is 0 Å². The van der Waals surface area contributed by atoms with Gasteiger partial charge < -0.3 is 9.47 Å². The van der Waals surface area contributed by atoms with Gasteiger partial charge in [-0.25, -0.2) is 15.2 Å². The van der Waals surface area contributed by atoms with Crippen molar-refractivity contribution < 1.29 is 14.3 Å². The SMILES string of the molecule is C=N/C(OC)=C(/NNC(=O)OC(C)(C)C)C(=C)C(C)C. The van der Waals surface area contributed by atoms with Gasteiger partial charge in [0.25, 0.3) is 0 Å². The zero-order chi connectivity index (χ0) is 15.9. The van der Waals surface area contributed by atoms with Gasteiger partial charge in [0, 0.05) is 0 Å². The van der Waals surface area contributed by atoms with Crippen LogP contribution in [0.4, 0.5) is 4.79 Å². The number of carbonyl (C=O) groups is 1. The number of methoxy groups -OCH3 is 1. The van der Waals surface area contributed by atoms with Gasteiger partial charge in [-0.2, -0.15) is 0 Å². The number of carbonyl (C=O) groups excluding carboxylic acids is 1. The molecule has 114 valence electrons. The molecule has 0 heterocycles. The van der Waals surface area contributed by atoms with Gasteiger partial charge in [0.2, 0.25) is 5.88 Å². The van der Waals surface area contributed by atoms with Gasteiger partial charge in [0.05, 0.1) is 7.11 Å². The van der Waals surface area contributed by atoms with E-state index in [4.69, 9.17) is 9.47 Å². The Balaban J connectivity index is 4.95. The summed E-state index contributed by atoms with van der Waals surface area (Å²) in [6.07, 6.45) is -0.605. The number of hydrazine groups is 1. The maximum atomic E-state index is 11.6. The van der Waals surface area contributed by atoms with Gasteiger partial charge in [-0.05, 0) is 39.0 Å². The third-order valence-electron chi connectivity index (χ3n) is 2.26. The van der Waals surface area contributed by atoms with Crippen molar-refractivity contribution in [2.75, 3.05) is 7.11 Å². The summed E-state index contributed by atoms with van der Waals surface area (Å²) < 4.78 is 10.2. The fourth-order valence-corrected chi connectivity index (χ4v) is 1.22. The minimum absolute atomic E-state index is 0.143. The van der Waals surface area contributed by atoms with Gasteiger partial charge in [0.1, 0.15) is 11.3 Å². The van der Waals surface area contributed by atoms with Crippen LogP contribution in [0.5, 0.6) is 0 Å². The van der Waals surface area contributed by atoms with E-state index in [1.807, 2.05) is 13.8 Å². The third kappa shape index (κ3) is 6.26. The molecule has 0 atom stereocenters. The molecule has 0 aliphatic carbocycles. The Hall–Kier alpha value is -1.98. The Morgan fingerprint density at radius 3 is 2.15 bits per heavy atom. The predicted molar refractivity (Wildman–Crippen MR) is 80.1 cm³/mol. The summed E-state index contributed by atoms with van der Waals surface area (Å²) in [7, 11) is 1.47. The van der Waals surface area contributed by atoms with Crippen LogP contribution < -0.4 is 10.9 Å². The van der Waals surface area contributed by atoms with E-state index in [0.29, 0.717) is 5.70 Å². The molecule has 1 amide bonds. The van der Waals surface area contributed by atoms with Gasteiger partial charge in [-0.15, -0.1) is 0 Å². The predicted octanol–water partition coefficient (Wildman–Crippen LogP) is 2.74. The highest BCUT2D eigenvalue weighted by atomic mass is 16.6. The molecule has 0 spiro atoms. The highest BCUT2D eigenvalue weighted by Crippen LogP contribution is 2.19. The maximum Gasteiger partial charge on any atom is 0.426 e. The summed E-state index contributed by atoms with van der Waals surface area (Å²) in [6.45, 7) is 16.6. The molecule has 6 nitrogen and oxygen atoms in total. The average Bonchev–Trinajstić information content (AvgIpc) is 2.31. The van der Waals surface area contributed by atoms with Crippen LogP contribution >= 0.6 is 0 Å². The second-order valence-electron chi connectivity index (χ2n) is 5.47. The number of hydrogen-bond donors (Lipinski definition) is 2. The zero-order valence-corrected chi connectivity index (χ0v) is 13.2. The summed E-state index contributed by atoms with van der Waals surface area (Å²) in [5.41, 5.74) is 5.76. The van der Waals surface area contributed by atoms with Gasteiger partial charge in [-0.3, -0.25) is 5.43 Å². The molecule has 0 aromatic rings. The van der Waals surface area contributed by atoms with Crippen LogP contribution in [0.15, 0.2) is 28.7 Å². The normalized spacial score (nSPS) is 12.3. The molecule has 0 aromatic carbocycles. The Morgan fingerprint density at radius 2 is 1.80 bits per heavy atom. The number of ether oxygens (including phenoxy) is 2. The Kier molecular flexibility index (Phi) is 6.82. The van der Waals surface area contributed by atoms with Crippen molar-refractivity contribution in [3.8, 4) is 0 Å². The molecule has 0 fully saturated rings. The topological polar surface area (TPSA) is 72.0 Å². The van der Waals surface area contributed by atoms with E-state index in [2.05, 4.69) is 29.1 Å². The molecule has 0 bridgehead atoms. The van der Waals surface area contributed by atoms with Crippen LogP contribution in [0.25, 0.3) is 0 Å². The molecule has 0 saturated carbocycles. The fourth-order valence-electron chi connectivity index (χ4n) is 1.22. The van der Waals surface area contributed by atoms with Crippen molar-refractivity contribution in [3.63, 3.8) is 0 Å². The molecule has 0 aliphatic rings. The van der Waals surface area contributed by atoms with Crippen LogP contribution in [0, 0.1) is 5.92 Å². The summed E-state index contributed by atoms with van der Waals surface area (Å²) in [5.74, 6) is 0.393. The van der Waals surface area contributed by atoms with Gasteiger partial charge in [-0.1, -0.05) is 20.4 Å². The summed E-state index contributed by atoms with van der Waals surface area (Å²) in [4.78, 5) is 15.4. The summed E-state index contributed by atoms with van der Waals surface area (Å²) >= 11 is 0. The van der Waals surface area contributed by atoms with E-state index < -0.39 is 11.7 Å². The van der Waals surface area contributed by atoms with E-state index >= 15 is 0 Å². The first kappa shape index (κ1) is 18.0. The van der Waals surface area contributed by atoms with Crippen molar-refractivity contribution in [2.45, 2.75) is 40.2 Å². The van der Waals surface area contributed by atoms with Crippen molar-refractivity contribution in [2.24, 2.45) is 10.9 Å².